The van der Waals surface area contributed by atoms with Gasteiger partial charge in [0.2, 0.25) is 0 Å². The van der Waals surface area contributed by atoms with E-state index in [1.807, 2.05) is 48.7 Å². The Balaban J connectivity index is 1.31. The van der Waals surface area contributed by atoms with Crippen molar-refractivity contribution in [2.24, 2.45) is 0 Å². The van der Waals surface area contributed by atoms with Crippen molar-refractivity contribution >= 4 is 17.5 Å². The van der Waals surface area contributed by atoms with Crippen molar-refractivity contribution < 1.29 is 9.53 Å². The van der Waals surface area contributed by atoms with E-state index in [2.05, 4.69) is 25.5 Å². The van der Waals surface area contributed by atoms with Gasteiger partial charge in [0, 0.05) is 44.3 Å². The average Bonchev–Trinajstić information content (AvgIpc) is 3.29. The molecule has 0 bridgehead atoms. The van der Waals surface area contributed by atoms with E-state index in [0.29, 0.717) is 32.0 Å². The van der Waals surface area contributed by atoms with Gasteiger partial charge in [0.1, 0.15) is 5.75 Å². The molecule has 1 aliphatic heterocycles. The number of ether oxygens (including phenoxy) is 1. The van der Waals surface area contributed by atoms with E-state index in [9.17, 15) is 4.79 Å². The number of urea groups is 1. The van der Waals surface area contributed by atoms with E-state index in [4.69, 9.17) is 4.74 Å². The smallest absolute Gasteiger partial charge is 0.321 e. The monoisotopic (exact) mass is 379 g/mol. The first-order valence-electron chi connectivity index (χ1n) is 9.01. The fourth-order valence-corrected chi connectivity index (χ4v) is 3.03. The summed E-state index contributed by atoms with van der Waals surface area (Å²) in [5, 5.41) is 15.6. The highest BCUT2D eigenvalue weighted by Crippen LogP contribution is 2.17. The zero-order chi connectivity index (χ0) is 19.3. The maximum Gasteiger partial charge on any atom is 0.321 e. The maximum atomic E-state index is 12.5. The van der Waals surface area contributed by atoms with Crippen molar-refractivity contribution in [3.05, 3.63) is 54.9 Å². The van der Waals surface area contributed by atoms with E-state index in [0.717, 1.165) is 17.3 Å². The number of methoxy groups -OCH3 is 1. The lowest BCUT2D eigenvalue weighted by Gasteiger charge is -2.35. The molecule has 9 heteroatoms. The number of hydrogen-bond acceptors (Lipinski definition) is 6. The fourth-order valence-electron chi connectivity index (χ4n) is 3.03. The Kier molecular flexibility index (Phi) is 5.05. The van der Waals surface area contributed by atoms with Gasteiger partial charge in [0.15, 0.2) is 11.6 Å². The van der Waals surface area contributed by atoms with Crippen LogP contribution in [-0.2, 0) is 0 Å². The molecule has 1 aliphatic rings. The van der Waals surface area contributed by atoms with Gasteiger partial charge in [0.05, 0.1) is 7.11 Å². The number of hydrogen-bond donors (Lipinski definition) is 1. The molecular formula is C19H21N7O2. The van der Waals surface area contributed by atoms with E-state index >= 15 is 0 Å². The average molecular weight is 379 g/mol. The van der Waals surface area contributed by atoms with Gasteiger partial charge >= 0.3 is 6.03 Å². The van der Waals surface area contributed by atoms with Crippen LogP contribution in [0, 0.1) is 0 Å². The van der Waals surface area contributed by atoms with Crippen molar-refractivity contribution in [3.63, 3.8) is 0 Å². The van der Waals surface area contributed by atoms with Crippen molar-refractivity contribution in [1.82, 2.24) is 24.9 Å². The summed E-state index contributed by atoms with van der Waals surface area (Å²) in [6.07, 6.45) is 3.52. The molecule has 0 aliphatic carbocycles. The highest BCUT2D eigenvalue weighted by molar-refractivity contribution is 5.89. The molecule has 4 rings (SSSR count). The van der Waals surface area contributed by atoms with E-state index < -0.39 is 0 Å². The van der Waals surface area contributed by atoms with Gasteiger partial charge in [-0.05, 0) is 42.5 Å². The molecule has 0 unspecified atom stereocenters. The number of aromatic nitrogens is 4. The molecule has 1 fully saturated rings. The van der Waals surface area contributed by atoms with E-state index in [-0.39, 0.29) is 6.03 Å². The Bertz CT molecular complexity index is 902. The lowest BCUT2D eigenvalue weighted by molar-refractivity contribution is 0.208. The SMILES string of the molecule is COc1ccc(NC(=O)N2CCN(c3ccc(-n4cccn4)nn3)CC2)cc1. The molecule has 2 aromatic heterocycles. The maximum absolute atomic E-state index is 12.5. The molecule has 1 saturated heterocycles. The largest absolute Gasteiger partial charge is 0.497 e. The van der Waals surface area contributed by atoms with Crippen LogP contribution < -0.4 is 15.0 Å². The lowest BCUT2D eigenvalue weighted by Crippen LogP contribution is -2.50. The number of benzene rings is 1. The molecule has 28 heavy (non-hydrogen) atoms. The number of rotatable bonds is 4. The summed E-state index contributed by atoms with van der Waals surface area (Å²) in [4.78, 5) is 16.4. The normalized spacial score (nSPS) is 14.0. The topological polar surface area (TPSA) is 88.4 Å². The molecule has 0 radical (unpaired) electrons. The molecule has 9 nitrogen and oxygen atoms in total. The third-order valence-corrected chi connectivity index (χ3v) is 4.61. The van der Waals surface area contributed by atoms with Crippen LogP contribution in [0.1, 0.15) is 0 Å². The molecule has 2 amide bonds. The van der Waals surface area contributed by atoms with Crippen LogP contribution in [0.15, 0.2) is 54.9 Å². The second-order valence-electron chi connectivity index (χ2n) is 6.33. The number of amides is 2. The quantitative estimate of drug-likeness (QED) is 0.746. The third kappa shape index (κ3) is 3.88. The summed E-state index contributed by atoms with van der Waals surface area (Å²) in [6.45, 7) is 2.63. The predicted molar refractivity (Wildman–Crippen MR) is 105 cm³/mol. The number of carbonyl (C=O) groups is 1. The van der Waals surface area contributed by atoms with Gasteiger partial charge in [0.25, 0.3) is 0 Å². The van der Waals surface area contributed by atoms with Crippen molar-refractivity contribution in [3.8, 4) is 11.6 Å². The summed E-state index contributed by atoms with van der Waals surface area (Å²) < 4.78 is 6.79. The van der Waals surface area contributed by atoms with Crippen molar-refractivity contribution in [2.75, 3.05) is 43.5 Å². The van der Waals surface area contributed by atoms with Gasteiger partial charge in [-0.2, -0.15) is 5.10 Å². The summed E-state index contributed by atoms with van der Waals surface area (Å²) >= 11 is 0. The second-order valence-corrected chi connectivity index (χ2v) is 6.33. The Hall–Kier alpha value is -3.62. The Morgan fingerprint density at radius 3 is 2.32 bits per heavy atom. The number of piperazine rings is 1. The molecule has 0 saturated carbocycles. The molecule has 1 aromatic carbocycles. The third-order valence-electron chi connectivity index (χ3n) is 4.61. The van der Waals surface area contributed by atoms with Gasteiger partial charge < -0.3 is 19.9 Å². The summed E-state index contributed by atoms with van der Waals surface area (Å²) in [5.74, 6) is 2.23. The van der Waals surface area contributed by atoms with Gasteiger partial charge in [-0.3, -0.25) is 0 Å². The highest BCUT2D eigenvalue weighted by atomic mass is 16.5. The van der Waals surface area contributed by atoms with Crippen LogP contribution in [-0.4, -0.2) is 64.2 Å². The molecule has 0 atom stereocenters. The number of nitrogens with zero attached hydrogens (tertiary/aromatic N) is 6. The van der Waals surface area contributed by atoms with Gasteiger partial charge in [-0.25, -0.2) is 9.48 Å². The summed E-state index contributed by atoms with van der Waals surface area (Å²) in [5.41, 5.74) is 0.744. The van der Waals surface area contributed by atoms with Crippen LogP contribution >= 0.6 is 0 Å². The minimum absolute atomic E-state index is 0.107. The molecule has 0 spiro atoms. The molecule has 1 N–H and O–H groups in total. The Morgan fingerprint density at radius 1 is 1.00 bits per heavy atom. The number of carbonyl (C=O) groups excluding carboxylic acids is 1. The number of anilines is 2. The van der Waals surface area contributed by atoms with Gasteiger partial charge in [-0.1, -0.05) is 0 Å². The fraction of sp³-hybridized carbons (Fsp3) is 0.263. The Morgan fingerprint density at radius 2 is 1.71 bits per heavy atom. The van der Waals surface area contributed by atoms with Crippen molar-refractivity contribution in [2.45, 2.75) is 0 Å². The molecule has 144 valence electrons. The van der Waals surface area contributed by atoms with E-state index in [1.165, 1.54) is 0 Å². The Labute approximate surface area is 162 Å². The highest BCUT2D eigenvalue weighted by Gasteiger charge is 2.22. The van der Waals surface area contributed by atoms with Crippen LogP contribution in [0.2, 0.25) is 0 Å². The first kappa shape index (κ1) is 17.8. The van der Waals surface area contributed by atoms with Gasteiger partial charge in [-0.15, -0.1) is 10.2 Å². The van der Waals surface area contributed by atoms with Crippen LogP contribution in [0.5, 0.6) is 5.75 Å². The summed E-state index contributed by atoms with van der Waals surface area (Å²) in [6, 6.07) is 12.8. The minimum atomic E-state index is -0.107. The first-order chi connectivity index (χ1) is 13.7. The standard InChI is InChI=1S/C19H21N7O2/c1-28-16-5-3-15(4-6-16)21-19(27)25-13-11-24(12-14-25)17-7-8-18(23-22-17)26-10-2-9-20-26/h2-10H,11-14H2,1H3,(H,21,27). The van der Waals surface area contributed by atoms with Crippen molar-refractivity contribution in [1.29, 1.82) is 0 Å². The van der Waals surface area contributed by atoms with E-state index in [1.54, 1.807) is 22.9 Å². The second kappa shape index (κ2) is 7.95. The predicted octanol–water partition coefficient (Wildman–Crippen LogP) is 2.02. The lowest BCUT2D eigenvalue weighted by atomic mass is 10.3. The zero-order valence-electron chi connectivity index (χ0n) is 15.5. The van der Waals surface area contributed by atoms with Crippen LogP contribution in [0.25, 0.3) is 5.82 Å². The first-order valence-corrected chi connectivity index (χ1v) is 9.01. The number of nitrogens with one attached hydrogen (secondary N) is 1. The van der Waals surface area contributed by atoms with Crippen LogP contribution in [0.3, 0.4) is 0 Å². The summed E-state index contributed by atoms with van der Waals surface area (Å²) in [7, 11) is 1.61. The molecule has 3 aromatic rings. The van der Waals surface area contributed by atoms with Crippen LogP contribution in [0.4, 0.5) is 16.3 Å². The zero-order valence-corrected chi connectivity index (χ0v) is 15.5. The minimum Gasteiger partial charge on any atom is -0.497 e. The molecule has 3 heterocycles. The molecular weight excluding hydrogens is 358 g/mol.